The minimum absolute atomic E-state index is 0.0591. The van der Waals surface area contributed by atoms with Gasteiger partial charge in [-0.2, -0.15) is 0 Å². The maximum absolute atomic E-state index is 12.4. The SMILES string of the molecule is CCNc1ccc(C(=O)NC2CCCC(C)(C)C2)cc1C. The van der Waals surface area contributed by atoms with Crippen molar-refractivity contribution < 1.29 is 4.79 Å². The maximum Gasteiger partial charge on any atom is 0.251 e. The Kier molecular flexibility index (Phi) is 4.92. The highest BCUT2D eigenvalue weighted by Gasteiger charge is 2.28. The molecule has 1 aromatic carbocycles. The molecule has 2 rings (SSSR count). The molecule has 1 aliphatic rings. The largest absolute Gasteiger partial charge is 0.385 e. The fourth-order valence-electron chi connectivity index (χ4n) is 3.28. The molecular weight excluding hydrogens is 260 g/mol. The number of aryl methyl sites for hydroxylation is 1. The number of hydrogen-bond acceptors (Lipinski definition) is 2. The summed E-state index contributed by atoms with van der Waals surface area (Å²) in [6.07, 6.45) is 4.64. The van der Waals surface area contributed by atoms with E-state index in [0.29, 0.717) is 11.5 Å². The molecule has 1 aliphatic carbocycles. The quantitative estimate of drug-likeness (QED) is 0.875. The van der Waals surface area contributed by atoms with E-state index in [4.69, 9.17) is 0 Å². The molecule has 1 unspecified atom stereocenters. The number of rotatable bonds is 4. The topological polar surface area (TPSA) is 41.1 Å². The number of carbonyl (C=O) groups excluding carboxylic acids is 1. The van der Waals surface area contributed by atoms with E-state index in [1.54, 1.807) is 0 Å². The van der Waals surface area contributed by atoms with Crippen molar-refractivity contribution in [2.24, 2.45) is 5.41 Å². The van der Waals surface area contributed by atoms with Gasteiger partial charge in [0.05, 0.1) is 0 Å². The Bertz CT molecular complexity index is 508. The van der Waals surface area contributed by atoms with Crippen LogP contribution in [-0.4, -0.2) is 18.5 Å². The Labute approximate surface area is 128 Å². The second-order valence-electron chi connectivity index (χ2n) is 6.99. The van der Waals surface area contributed by atoms with Crippen LogP contribution in [0.15, 0.2) is 18.2 Å². The minimum Gasteiger partial charge on any atom is -0.385 e. The van der Waals surface area contributed by atoms with E-state index in [2.05, 4.69) is 31.4 Å². The molecule has 1 fully saturated rings. The van der Waals surface area contributed by atoms with Crippen LogP contribution in [0.5, 0.6) is 0 Å². The first kappa shape index (κ1) is 15.9. The molecule has 0 spiro atoms. The molecule has 1 saturated carbocycles. The van der Waals surface area contributed by atoms with Gasteiger partial charge in [-0.1, -0.05) is 20.3 Å². The summed E-state index contributed by atoms with van der Waals surface area (Å²) in [5.74, 6) is 0.0591. The molecule has 1 atom stereocenters. The molecule has 1 aromatic rings. The predicted molar refractivity (Wildman–Crippen MR) is 88.8 cm³/mol. The average Bonchev–Trinajstić information content (AvgIpc) is 2.40. The molecule has 0 aromatic heterocycles. The van der Waals surface area contributed by atoms with E-state index in [0.717, 1.165) is 36.2 Å². The van der Waals surface area contributed by atoms with Crippen LogP contribution >= 0.6 is 0 Å². The molecule has 1 amide bonds. The highest BCUT2D eigenvalue weighted by molar-refractivity contribution is 5.95. The molecular formula is C18H28N2O. The summed E-state index contributed by atoms with van der Waals surface area (Å²) in [7, 11) is 0. The zero-order valence-corrected chi connectivity index (χ0v) is 13.8. The number of carbonyl (C=O) groups is 1. The van der Waals surface area contributed by atoms with Gasteiger partial charge in [0.1, 0.15) is 0 Å². The lowest BCUT2D eigenvalue weighted by Gasteiger charge is -2.35. The molecule has 2 N–H and O–H groups in total. The van der Waals surface area contributed by atoms with E-state index in [1.165, 1.54) is 12.8 Å². The van der Waals surface area contributed by atoms with Crippen molar-refractivity contribution in [3.8, 4) is 0 Å². The normalized spacial score (nSPS) is 20.9. The van der Waals surface area contributed by atoms with Gasteiger partial charge in [-0.25, -0.2) is 0 Å². The molecule has 0 heterocycles. The van der Waals surface area contributed by atoms with Crippen LogP contribution in [0.2, 0.25) is 0 Å². The summed E-state index contributed by atoms with van der Waals surface area (Å²) in [5, 5.41) is 6.51. The molecule has 3 nitrogen and oxygen atoms in total. The first-order chi connectivity index (χ1) is 9.91. The molecule has 0 radical (unpaired) electrons. The Morgan fingerprint density at radius 1 is 1.38 bits per heavy atom. The first-order valence-electron chi connectivity index (χ1n) is 8.07. The van der Waals surface area contributed by atoms with Gasteiger partial charge in [0.2, 0.25) is 0 Å². The number of benzene rings is 1. The number of anilines is 1. The lowest BCUT2D eigenvalue weighted by Crippen LogP contribution is -2.40. The van der Waals surface area contributed by atoms with Crippen molar-refractivity contribution in [1.29, 1.82) is 0 Å². The number of nitrogens with one attached hydrogen (secondary N) is 2. The minimum atomic E-state index is 0.0591. The molecule has 0 aliphatic heterocycles. The van der Waals surface area contributed by atoms with E-state index in [9.17, 15) is 4.79 Å². The second-order valence-corrected chi connectivity index (χ2v) is 6.99. The summed E-state index contributed by atoms with van der Waals surface area (Å²) >= 11 is 0. The average molecular weight is 288 g/mol. The monoisotopic (exact) mass is 288 g/mol. The Balaban J connectivity index is 2.01. The molecule has 116 valence electrons. The van der Waals surface area contributed by atoms with Crippen molar-refractivity contribution >= 4 is 11.6 Å². The summed E-state index contributed by atoms with van der Waals surface area (Å²) in [6.45, 7) is 9.59. The number of amides is 1. The first-order valence-corrected chi connectivity index (χ1v) is 8.07. The van der Waals surface area contributed by atoms with E-state index < -0.39 is 0 Å². The van der Waals surface area contributed by atoms with Gasteiger partial charge >= 0.3 is 0 Å². The van der Waals surface area contributed by atoms with Crippen LogP contribution in [0.3, 0.4) is 0 Å². The zero-order valence-electron chi connectivity index (χ0n) is 13.8. The summed E-state index contributed by atoms with van der Waals surface area (Å²) < 4.78 is 0. The summed E-state index contributed by atoms with van der Waals surface area (Å²) in [5.41, 5.74) is 3.33. The fraction of sp³-hybridized carbons (Fsp3) is 0.611. The third-order valence-electron chi connectivity index (χ3n) is 4.40. The van der Waals surface area contributed by atoms with Crippen LogP contribution in [0.4, 0.5) is 5.69 Å². The smallest absolute Gasteiger partial charge is 0.251 e. The predicted octanol–water partition coefficient (Wildman–Crippen LogP) is 4.13. The van der Waals surface area contributed by atoms with Crippen LogP contribution in [0.1, 0.15) is 62.4 Å². The van der Waals surface area contributed by atoms with Gasteiger partial charge < -0.3 is 10.6 Å². The van der Waals surface area contributed by atoms with Crippen molar-refractivity contribution in [1.82, 2.24) is 5.32 Å². The van der Waals surface area contributed by atoms with Gasteiger partial charge in [0.25, 0.3) is 5.91 Å². The molecule has 0 saturated heterocycles. The Morgan fingerprint density at radius 2 is 2.14 bits per heavy atom. The van der Waals surface area contributed by atoms with E-state index >= 15 is 0 Å². The number of hydrogen-bond donors (Lipinski definition) is 2. The van der Waals surface area contributed by atoms with Crippen molar-refractivity contribution in [3.05, 3.63) is 29.3 Å². The Morgan fingerprint density at radius 3 is 2.76 bits per heavy atom. The Hall–Kier alpha value is -1.51. The van der Waals surface area contributed by atoms with Gasteiger partial charge in [-0.15, -0.1) is 0 Å². The lowest BCUT2D eigenvalue weighted by molar-refractivity contribution is 0.0902. The molecule has 21 heavy (non-hydrogen) atoms. The van der Waals surface area contributed by atoms with E-state index in [1.807, 2.05) is 25.1 Å². The van der Waals surface area contributed by atoms with Crippen LogP contribution in [0, 0.1) is 12.3 Å². The fourth-order valence-corrected chi connectivity index (χ4v) is 3.28. The molecule has 3 heteroatoms. The third kappa shape index (κ3) is 4.23. The van der Waals surface area contributed by atoms with Gasteiger partial charge in [0.15, 0.2) is 0 Å². The third-order valence-corrected chi connectivity index (χ3v) is 4.40. The molecule has 0 bridgehead atoms. The second kappa shape index (κ2) is 6.50. The van der Waals surface area contributed by atoms with Crippen LogP contribution in [0.25, 0.3) is 0 Å². The van der Waals surface area contributed by atoms with Crippen LogP contribution < -0.4 is 10.6 Å². The van der Waals surface area contributed by atoms with Crippen molar-refractivity contribution in [3.63, 3.8) is 0 Å². The maximum atomic E-state index is 12.4. The van der Waals surface area contributed by atoms with E-state index in [-0.39, 0.29) is 5.91 Å². The van der Waals surface area contributed by atoms with Crippen LogP contribution in [-0.2, 0) is 0 Å². The lowest BCUT2D eigenvalue weighted by atomic mass is 9.75. The standard InChI is InChI=1S/C18H28N2O/c1-5-19-16-9-8-14(11-13(16)2)17(21)20-15-7-6-10-18(3,4)12-15/h8-9,11,15,19H,5-7,10,12H2,1-4H3,(H,20,21). The zero-order chi connectivity index (χ0) is 15.5. The summed E-state index contributed by atoms with van der Waals surface area (Å²) in [4.78, 5) is 12.4. The van der Waals surface area contributed by atoms with Gasteiger partial charge in [-0.3, -0.25) is 4.79 Å². The van der Waals surface area contributed by atoms with Crippen molar-refractivity contribution in [2.75, 3.05) is 11.9 Å². The van der Waals surface area contributed by atoms with Gasteiger partial charge in [0, 0.05) is 23.8 Å². The summed E-state index contributed by atoms with van der Waals surface area (Å²) in [6, 6.07) is 6.20. The highest BCUT2D eigenvalue weighted by Crippen LogP contribution is 2.35. The van der Waals surface area contributed by atoms with Crippen molar-refractivity contribution in [2.45, 2.75) is 59.4 Å². The van der Waals surface area contributed by atoms with Gasteiger partial charge in [-0.05, 0) is 62.3 Å². The highest BCUT2D eigenvalue weighted by atomic mass is 16.1.